The van der Waals surface area contributed by atoms with Crippen molar-refractivity contribution in [3.8, 4) is 5.88 Å². The van der Waals surface area contributed by atoms with Gasteiger partial charge in [-0.1, -0.05) is 5.16 Å². The van der Waals surface area contributed by atoms with Gasteiger partial charge in [0.15, 0.2) is 0 Å². The number of aromatic nitrogens is 3. The molecular formula is C13H16N4O2. The molecule has 0 N–H and O–H groups in total. The van der Waals surface area contributed by atoms with Crippen LogP contribution in [-0.2, 0) is 19.5 Å². The number of fused-ring (bicyclic) bond motifs is 1. The van der Waals surface area contributed by atoms with Crippen LogP contribution in [0.4, 0.5) is 0 Å². The number of ether oxygens (including phenoxy) is 1. The Labute approximate surface area is 111 Å². The van der Waals surface area contributed by atoms with Crippen LogP contribution in [0.15, 0.2) is 16.9 Å². The quantitative estimate of drug-likeness (QED) is 0.829. The lowest BCUT2D eigenvalue weighted by Crippen LogP contribution is -2.31. The van der Waals surface area contributed by atoms with Gasteiger partial charge in [0, 0.05) is 37.7 Å². The van der Waals surface area contributed by atoms with Gasteiger partial charge in [-0.25, -0.2) is 9.97 Å². The van der Waals surface area contributed by atoms with Crippen LogP contribution >= 0.6 is 0 Å². The van der Waals surface area contributed by atoms with Crippen molar-refractivity contribution in [2.75, 3.05) is 13.7 Å². The summed E-state index contributed by atoms with van der Waals surface area (Å²) in [5.41, 5.74) is 3.12. The average Bonchev–Trinajstić information content (AvgIpc) is 2.83. The van der Waals surface area contributed by atoms with Crippen LogP contribution in [0.25, 0.3) is 0 Å². The first-order chi connectivity index (χ1) is 9.26. The number of nitrogens with zero attached hydrogens (tertiary/aromatic N) is 4. The lowest BCUT2D eigenvalue weighted by atomic mass is 10.1. The summed E-state index contributed by atoms with van der Waals surface area (Å²) in [6.45, 7) is 4.41. The summed E-state index contributed by atoms with van der Waals surface area (Å²) in [4.78, 5) is 10.8. The molecule has 0 fully saturated rings. The Balaban J connectivity index is 1.78. The van der Waals surface area contributed by atoms with E-state index in [0.29, 0.717) is 5.88 Å². The molecule has 3 heterocycles. The highest BCUT2D eigenvalue weighted by Gasteiger charge is 2.22. The zero-order valence-electron chi connectivity index (χ0n) is 11.1. The highest BCUT2D eigenvalue weighted by atomic mass is 16.5. The van der Waals surface area contributed by atoms with Gasteiger partial charge in [-0.15, -0.1) is 0 Å². The maximum atomic E-state index is 5.30. The van der Waals surface area contributed by atoms with Gasteiger partial charge < -0.3 is 9.26 Å². The van der Waals surface area contributed by atoms with Crippen molar-refractivity contribution in [3.63, 3.8) is 0 Å². The van der Waals surface area contributed by atoms with Gasteiger partial charge in [-0.05, 0) is 6.92 Å². The molecule has 0 amide bonds. The summed E-state index contributed by atoms with van der Waals surface area (Å²) >= 11 is 0. The van der Waals surface area contributed by atoms with Gasteiger partial charge in [0.05, 0.1) is 18.5 Å². The van der Waals surface area contributed by atoms with Gasteiger partial charge in [0.2, 0.25) is 5.88 Å². The molecule has 1 aliphatic rings. The highest BCUT2D eigenvalue weighted by molar-refractivity contribution is 5.31. The van der Waals surface area contributed by atoms with E-state index in [2.05, 4.69) is 20.0 Å². The third-order valence-electron chi connectivity index (χ3n) is 3.30. The first kappa shape index (κ1) is 12.1. The van der Waals surface area contributed by atoms with Gasteiger partial charge in [-0.3, -0.25) is 4.90 Å². The fourth-order valence-corrected chi connectivity index (χ4v) is 2.40. The first-order valence-corrected chi connectivity index (χ1v) is 6.27. The Bertz CT molecular complexity index is 568. The number of hydrogen-bond donors (Lipinski definition) is 0. The van der Waals surface area contributed by atoms with E-state index in [0.717, 1.165) is 48.8 Å². The van der Waals surface area contributed by atoms with Crippen molar-refractivity contribution in [2.24, 2.45) is 0 Å². The molecule has 6 heteroatoms. The molecule has 0 spiro atoms. The van der Waals surface area contributed by atoms with Crippen LogP contribution in [0.2, 0.25) is 0 Å². The second-order valence-electron chi connectivity index (χ2n) is 4.70. The Hall–Kier alpha value is -1.95. The zero-order valence-corrected chi connectivity index (χ0v) is 11.1. The second kappa shape index (κ2) is 4.97. The molecule has 0 saturated carbocycles. The minimum Gasteiger partial charge on any atom is -0.481 e. The molecule has 0 radical (unpaired) electrons. The number of rotatable bonds is 3. The number of hydrogen-bond acceptors (Lipinski definition) is 6. The van der Waals surface area contributed by atoms with Crippen LogP contribution in [0, 0.1) is 6.92 Å². The van der Waals surface area contributed by atoms with E-state index in [-0.39, 0.29) is 0 Å². The van der Waals surface area contributed by atoms with Crippen LogP contribution in [0.5, 0.6) is 5.88 Å². The van der Waals surface area contributed by atoms with Crippen molar-refractivity contribution < 1.29 is 9.26 Å². The van der Waals surface area contributed by atoms with Crippen LogP contribution in [0.3, 0.4) is 0 Å². The van der Waals surface area contributed by atoms with E-state index < -0.39 is 0 Å². The van der Waals surface area contributed by atoms with Gasteiger partial charge in [-0.2, -0.15) is 0 Å². The molecule has 0 aromatic carbocycles. The van der Waals surface area contributed by atoms with Crippen LogP contribution in [-0.4, -0.2) is 33.7 Å². The Morgan fingerprint density at radius 3 is 3.05 bits per heavy atom. The monoisotopic (exact) mass is 260 g/mol. The van der Waals surface area contributed by atoms with E-state index in [1.54, 1.807) is 13.4 Å². The normalized spacial score (nSPS) is 15.3. The molecule has 2 aromatic heterocycles. The molecular weight excluding hydrogens is 244 g/mol. The molecule has 19 heavy (non-hydrogen) atoms. The zero-order chi connectivity index (χ0) is 13.2. The predicted octanol–water partition coefficient (Wildman–Crippen LogP) is 1.34. The van der Waals surface area contributed by atoms with Crippen molar-refractivity contribution >= 4 is 0 Å². The van der Waals surface area contributed by atoms with Crippen molar-refractivity contribution in [3.05, 3.63) is 35.1 Å². The Morgan fingerprint density at radius 2 is 2.32 bits per heavy atom. The highest BCUT2D eigenvalue weighted by Crippen LogP contribution is 2.25. The first-order valence-electron chi connectivity index (χ1n) is 6.27. The summed E-state index contributed by atoms with van der Waals surface area (Å²) in [5.74, 6) is 1.51. The summed E-state index contributed by atoms with van der Waals surface area (Å²) in [7, 11) is 1.64. The predicted molar refractivity (Wildman–Crippen MR) is 67.6 cm³/mol. The average molecular weight is 260 g/mol. The molecule has 1 aliphatic heterocycles. The van der Waals surface area contributed by atoms with Crippen molar-refractivity contribution in [1.82, 2.24) is 20.0 Å². The molecule has 0 saturated heterocycles. The van der Waals surface area contributed by atoms with Crippen LogP contribution < -0.4 is 4.74 Å². The molecule has 0 bridgehead atoms. The minimum atomic E-state index is 0.672. The summed E-state index contributed by atoms with van der Waals surface area (Å²) < 4.78 is 10.4. The van der Waals surface area contributed by atoms with Gasteiger partial charge in [0.1, 0.15) is 12.1 Å². The molecule has 100 valence electrons. The largest absolute Gasteiger partial charge is 0.481 e. The van der Waals surface area contributed by atoms with Crippen molar-refractivity contribution in [2.45, 2.75) is 26.4 Å². The van der Waals surface area contributed by atoms with Crippen LogP contribution in [0.1, 0.15) is 22.7 Å². The second-order valence-corrected chi connectivity index (χ2v) is 4.70. The smallest absolute Gasteiger partial charge is 0.220 e. The maximum absolute atomic E-state index is 5.30. The number of aryl methyl sites for hydroxylation is 1. The van der Waals surface area contributed by atoms with E-state index in [1.807, 2.05) is 13.0 Å². The van der Waals surface area contributed by atoms with E-state index >= 15 is 0 Å². The molecule has 0 atom stereocenters. The summed E-state index contributed by atoms with van der Waals surface area (Å²) in [5, 5.41) is 4.03. The van der Waals surface area contributed by atoms with Crippen molar-refractivity contribution in [1.29, 1.82) is 0 Å². The maximum Gasteiger partial charge on any atom is 0.220 e. The fraction of sp³-hybridized carbons (Fsp3) is 0.462. The molecule has 0 aliphatic carbocycles. The minimum absolute atomic E-state index is 0.672. The van der Waals surface area contributed by atoms with E-state index in [4.69, 9.17) is 9.26 Å². The van der Waals surface area contributed by atoms with E-state index in [9.17, 15) is 0 Å². The Kier molecular flexibility index (Phi) is 3.16. The SMILES string of the molecule is COc1ncnc2c1CN(Cc1cc(C)on1)CC2. The molecule has 2 aromatic rings. The standard InChI is InChI=1S/C13H16N4O2/c1-9-5-10(16-19-9)6-17-4-3-12-11(7-17)13(18-2)15-8-14-12/h5,8H,3-4,6-7H2,1-2H3. The third-order valence-corrected chi connectivity index (χ3v) is 3.30. The molecule has 6 nitrogen and oxygen atoms in total. The topological polar surface area (TPSA) is 64.3 Å². The Morgan fingerprint density at radius 1 is 1.42 bits per heavy atom. The lowest BCUT2D eigenvalue weighted by molar-refractivity contribution is 0.229. The fourth-order valence-electron chi connectivity index (χ4n) is 2.40. The third kappa shape index (κ3) is 2.44. The lowest BCUT2D eigenvalue weighted by Gasteiger charge is -2.27. The van der Waals surface area contributed by atoms with E-state index in [1.165, 1.54) is 0 Å². The van der Waals surface area contributed by atoms with Gasteiger partial charge >= 0.3 is 0 Å². The number of methoxy groups -OCH3 is 1. The molecule has 0 unspecified atom stereocenters. The van der Waals surface area contributed by atoms with Gasteiger partial charge in [0.25, 0.3) is 0 Å². The summed E-state index contributed by atoms with van der Waals surface area (Å²) in [6, 6.07) is 1.97. The molecule has 3 rings (SSSR count). The summed E-state index contributed by atoms with van der Waals surface area (Å²) in [6.07, 6.45) is 2.47.